The third kappa shape index (κ3) is 2.49. The normalized spacial score (nSPS) is 12.5. The fourth-order valence-electron chi connectivity index (χ4n) is 1.63. The van der Waals surface area contributed by atoms with Crippen LogP contribution in [0.25, 0.3) is 0 Å². The molecule has 2 rings (SSSR count). The Kier molecular flexibility index (Phi) is 3.59. The van der Waals surface area contributed by atoms with Crippen LogP contribution in [0.2, 0.25) is 5.02 Å². The predicted octanol–water partition coefficient (Wildman–Crippen LogP) is 3.81. The smallest absolute Gasteiger partial charge is 0.142 e. The van der Waals surface area contributed by atoms with Gasteiger partial charge in [-0.15, -0.1) is 0 Å². The monoisotopic (exact) mass is 271 g/mol. The Morgan fingerprint density at radius 1 is 0.944 bits per heavy atom. The fraction of sp³-hybridized carbons (Fsp3) is 0.0769. The Hall–Kier alpha value is -1.52. The highest BCUT2D eigenvalue weighted by Gasteiger charge is 2.16. The molecule has 0 aliphatic heterocycles. The highest BCUT2D eigenvalue weighted by Crippen LogP contribution is 2.26. The predicted molar refractivity (Wildman–Crippen MR) is 63.8 cm³/mol. The molecule has 0 fully saturated rings. The Labute approximate surface area is 107 Å². The standard InChI is InChI=1S/C13H9ClF3N/c14-10-6-11(16)9(5-12(10)17)13(18)7-1-3-8(15)4-2-7/h1-6,13H,18H2. The number of halogens is 4. The van der Waals surface area contributed by atoms with E-state index in [1.54, 1.807) is 0 Å². The third-order valence-electron chi connectivity index (χ3n) is 2.60. The van der Waals surface area contributed by atoms with Crippen molar-refractivity contribution in [2.24, 2.45) is 5.73 Å². The fourth-order valence-corrected chi connectivity index (χ4v) is 1.78. The van der Waals surface area contributed by atoms with E-state index in [-0.39, 0.29) is 10.6 Å². The van der Waals surface area contributed by atoms with Crippen LogP contribution in [0.1, 0.15) is 17.2 Å². The topological polar surface area (TPSA) is 26.0 Å². The van der Waals surface area contributed by atoms with Crippen molar-refractivity contribution in [2.75, 3.05) is 0 Å². The summed E-state index contributed by atoms with van der Waals surface area (Å²) in [5.74, 6) is -1.86. The summed E-state index contributed by atoms with van der Waals surface area (Å²) in [7, 11) is 0. The van der Waals surface area contributed by atoms with Crippen molar-refractivity contribution in [1.29, 1.82) is 0 Å². The van der Waals surface area contributed by atoms with Crippen molar-refractivity contribution >= 4 is 11.6 Å². The lowest BCUT2D eigenvalue weighted by Crippen LogP contribution is -2.14. The van der Waals surface area contributed by atoms with Gasteiger partial charge in [0.1, 0.15) is 17.5 Å². The minimum Gasteiger partial charge on any atom is -0.320 e. The molecule has 0 saturated carbocycles. The first-order valence-electron chi connectivity index (χ1n) is 5.14. The van der Waals surface area contributed by atoms with Gasteiger partial charge in [0.15, 0.2) is 0 Å². The van der Waals surface area contributed by atoms with E-state index in [1.165, 1.54) is 24.3 Å². The van der Waals surface area contributed by atoms with Crippen molar-refractivity contribution in [3.05, 3.63) is 70.0 Å². The zero-order valence-electron chi connectivity index (χ0n) is 9.13. The van der Waals surface area contributed by atoms with Gasteiger partial charge in [0.2, 0.25) is 0 Å². The molecule has 5 heteroatoms. The van der Waals surface area contributed by atoms with Crippen LogP contribution in [0.5, 0.6) is 0 Å². The minimum absolute atomic E-state index is 0.0245. The molecular weight excluding hydrogens is 263 g/mol. The highest BCUT2D eigenvalue weighted by atomic mass is 35.5. The van der Waals surface area contributed by atoms with Crippen molar-refractivity contribution < 1.29 is 13.2 Å². The molecule has 0 heterocycles. The Balaban J connectivity index is 2.42. The van der Waals surface area contributed by atoms with Gasteiger partial charge in [-0.2, -0.15) is 0 Å². The van der Waals surface area contributed by atoms with Gasteiger partial charge in [0, 0.05) is 5.56 Å². The van der Waals surface area contributed by atoms with Gasteiger partial charge in [-0.3, -0.25) is 0 Å². The van der Waals surface area contributed by atoms with E-state index < -0.39 is 23.5 Å². The molecule has 1 atom stereocenters. The zero-order valence-corrected chi connectivity index (χ0v) is 9.89. The lowest BCUT2D eigenvalue weighted by molar-refractivity contribution is 0.576. The summed E-state index contributed by atoms with van der Waals surface area (Å²) < 4.78 is 39.7. The van der Waals surface area contributed by atoms with E-state index in [9.17, 15) is 13.2 Å². The van der Waals surface area contributed by atoms with Gasteiger partial charge in [-0.25, -0.2) is 13.2 Å². The molecule has 0 spiro atoms. The van der Waals surface area contributed by atoms with Crippen LogP contribution in [0.3, 0.4) is 0 Å². The van der Waals surface area contributed by atoms with E-state index in [4.69, 9.17) is 17.3 Å². The van der Waals surface area contributed by atoms with Gasteiger partial charge in [-0.1, -0.05) is 23.7 Å². The van der Waals surface area contributed by atoms with Gasteiger partial charge in [0.05, 0.1) is 11.1 Å². The van der Waals surface area contributed by atoms with Crippen LogP contribution in [0.4, 0.5) is 13.2 Å². The number of hydrogen-bond acceptors (Lipinski definition) is 1. The molecule has 0 aliphatic carbocycles. The quantitative estimate of drug-likeness (QED) is 0.826. The molecule has 18 heavy (non-hydrogen) atoms. The third-order valence-corrected chi connectivity index (χ3v) is 2.89. The second kappa shape index (κ2) is 5.00. The second-order valence-corrected chi connectivity index (χ2v) is 4.22. The summed E-state index contributed by atoms with van der Waals surface area (Å²) in [4.78, 5) is 0. The van der Waals surface area contributed by atoms with E-state index in [2.05, 4.69) is 0 Å². The average Bonchev–Trinajstić information content (AvgIpc) is 2.34. The van der Waals surface area contributed by atoms with Crippen LogP contribution < -0.4 is 5.73 Å². The molecule has 0 aliphatic rings. The first-order valence-corrected chi connectivity index (χ1v) is 5.52. The molecule has 2 aromatic rings. The molecular formula is C13H9ClF3N. The zero-order chi connectivity index (χ0) is 13.3. The summed E-state index contributed by atoms with van der Waals surface area (Å²) in [5, 5.41) is -0.303. The Bertz CT molecular complexity index is 569. The van der Waals surface area contributed by atoms with Crippen LogP contribution in [-0.2, 0) is 0 Å². The Morgan fingerprint density at radius 2 is 1.56 bits per heavy atom. The Morgan fingerprint density at radius 3 is 2.17 bits per heavy atom. The molecule has 0 saturated heterocycles. The van der Waals surface area contributed by atoms with Crippen molar-refractivity contribution in [2.45, 2.75) is 6.04 Å². The lowest BCUT2D eigenvalue weighted by atomic mass is 9.99. The van der Waals surface area contributed by atoms with Gasteiger partial charge < -0.3 is 5.73 Å². The summed E-state index contributed by atoms with van der Waals surface area (Å²) in [6.45, 7) is 0. The van der Waals surface area contributed by atoms with Crippen LogP contribution >= 0.6 is 11.6 Å². The van der Waals surface area contributed by atoms with Crippen LogP contribution in [-0.4, -0.2) is 0 Å². The minimum atomic E-state index is -0.877. The maximum absolute atomic E-state index is 13.6. The molecule has 0 amide bonds. The second-order valence-electron chi connectivity index (χ2n) is 3.82. The van der Waals surface area contributed by atoms with Gasteiger partial charge >= 0.3 is 0 Å². The van der Waals surface area contributed by atoms with Crippen molar-refractivity contribution in [3.8, 4) is 0 Å². The van der Waals surface area contributed by atoms with Crippen molar-refractivity contribution in [1.82, 2.24) is 0 Å². The maximum Gasteiger partial charge on any atom is 0.142 e. The highest BCUT2D eigenvalue weighted by molar-refractivity contribution is 6.30. The lowest BCUT2D eigenvalue weighted by Gasteiger charge is -2.14. The summed E-state index contributed by atoms with van der Waals surface area (Å²) in [6, 6.07) is 6.20. The molecule has 2 N–H and O–H groups in total. The number of rotatable bonds is 2. The molecule has 0 aromatic heterocycles. The average molecular weight is 272 g/mol. The van der Waals surface area contributed by atoms with E-state index >= 15 is 0 Å². The summed E-state index contributed by atoms with van der Waals surface area (Å²) in [5.41, 5.74) is 6.27. The number of hydrogen-bond donors (Lipinski definition) is 1. The maximum atomic E-state index is 13.6. The molecule has 94 valence electrons. The number of nitrogens with two attached hydrogens (primary N) is 1. The van der Waals surface area contributed by atoms with E-state index in [0.717, 1.165) is 12.1 Å². The molecule has 1 unspecified atom stereocenters. The largest absolute Gasteiger partial charge is 0.320 e. The summed E-state index contributed by atoms with van der Waals surface area (Å²) >= 11 is 5.45. The van der Waals surface area contributed by atoms with Crippen molar-refractivity contribution in [3.63, 3.8) is 0 Å². The van der Waals surface area contributed by atoms with Gasteiger partial charge in [0.25, 0.3) is 0 Å². The molecule has 0 bridgehead atoms. The van der Waals surface area contributed by atoms with Crippen LogP contribution in [0, 0.1) is 17.5 Å². The van der Waals surface area contributed by atoms with E-state index in [1.807, 2.05) is 0 Å². The summed E-state index contributed by atoms with van der Waals surface area (Å²) in [6.07, 6.45) is 0. The number of benzene rings is 2. The molecule has 1 nitrogen and oxygen atoms in total. The first-order chi connectivity index (χ1) is 8.49. The van der Waals surface area contributed by atoms with Gasteiger partial charge in [-0.05, 0) is 29.8 Å². The first kappa shape index (κ1) is 12.9. The SMILES string of the molecule is NC(c1ccc(F)cc1)c1cc(F)c(Cl)cc1F. The van der Waals surface area contributed by atoms with E-state index in [0.29, 0.717) is 5.56 Å². The molecule has 0 radical (unpaired) electrons. The van der Waals surface area contributed by atoms with Crippen LogP contribution in [0.15, 0.2) is 36.4 Å². The molecule has 2 aromatic carbocycles.